The highest BCUT2D eigenvalue weighted by Crippen LogP contribution is 2.32. The molecular formula is C24H24N2O4. The summed E-state index contributed by atoms with van der Waals surface area (Å²) in [5.41, 5.74) is 4.16. The fraction of sp³-hybridized carbons (Fsp3) is 0.250. The third-order valence-electron chi connectivity index (χ3n) is 5.08. The maximum atomic E-state index is 12.4. The molecule has 0 amide bonds. The molecule has 1 N–H and O–H groups in total. The SMILES string of the molecule is COc1ccc(Cc2c(C)[nH]c(=O)c(C)c2OCc2ccccc2C#N)c(OC)c1. The molecule has 0 bridgehead atoms. The maximum absolute atomic E-state index is 12.4. The van der Waals surface area contributed by atoms with Crippen LogP contribution in [-0.2, 0) is 13.0 Å². The Morgan fingerprint density at radius 2 is 1.80 bits per heavy atom. The lowest BCUT2D eigenvalue weighted by Gasteiger charge is -2.18. The summed E-state index contributed by atoms with van der Waals surface area (Å²) in [5, 5.41) is 9.32. The number of nitrogens with zero attached hydrogens (tertiary/aromatic N) is 1. The second-order valence-corrected chi connectivity index (χ2v) is 6.92. The molecule has 0 aliphatic carbocycles. The fourth-order valence-electron chi connectivity index (χ4n) is 3.34. The van der Waals surface area contributed by atoms with Gasteiger partial charge in [0, 0.05) is 29.3 Å². The summed E-state index contributed by atoms with van der Waals surface area (Å²) in [6.45, 7) is 3.78. The van der Waals surface area contributed by atoms with Crippen molar-refractivity contribution in [3.05, 3.63) is 86.3 Å². The highest BCUT2D eigenvalue weighted by molar-refractivity contribution is 5.49. The molecule has 1 aromatic heterocycles. The average Bonchev–Trinajstić information content (AvgIpc) is 2.77. The van der Waals surface area contributed by atoms with E-state index < -0.39 is 0 Å². The van der Waals surface area contributed by atoms with E-state index in [9.17, 15) is 10.1 Å². The van der Waals surface area contributed by atoms with Crippen LogP contribution in [0.25, 0.3) is 0 Å². The number of aromatic nitrogens is 1. The van der Waals surface area contributed by atoms with Crippen LogP contribution >= 0.6 is 0 Å². The highest BCUT2D eigenvalue weighted by Gasteiger charge is 2.17. The van der Waals surface area contributed by atoms with Crippen molar-refractivity contribution >= 4 is 0 Å². The number of nitrogens with one attached hydrogen (secondary N) is 1. The Labute approximate surface area is 175 Å². The molecule has 0 fully saturated rings. The summed E-state index contributed by atoms with van der Waals surface area (Å²) >= 11 is 0. The van der Waals surface area contributed by atoms with Crippen LogP contribution in [0.15, 0.2) is 47.3 Å². The van der Waals surface area contributed by atoms with E-state index in [-0.39, 0.29) is 12.2 Å². The van der Waals surface area contributed by atoms with Crippen molar-refractivity contribution in [1.82, 2.24) is 4.98 Å². The van der Waals surface area contributed by atoms with Gasteiger partial charge in [-0.05, 0) is 31.5 Å². The summed E-state index contributed by atoms with van der Waals surface area (Å²) in [7, 11) is 3.22. The molecule has 3 aromatic rings. The Bertz CT molecular complexity index is 1160. The van der Waals surface area contributed by atoms with Gasteiger partial charge in [-0.15, -0.1) is 0 Å². The first-order valence-electron chi connectivity index (χ1n) is 9.52. The van der Waals surface area contributed by atoms with E-state index in [0.717, 1.165) is 22.4 Å². The van der Waals surface area contributed by atoms with Crippen LogP contribution in [0.4, 0.5) is 0 Å². The van der Waals surface area contributed by atoms with Crippen molar-refractivity contribution in [1.29, 1.82) is 5.26 Å². The zero-order valence-electron chi connectivity index (χ0n) is 17.5. The molecule has 0 radical (unpaired) electrons. The topological polar surface area (TPSA) is 84.3 Å². The number of methoxy groups -OCH3 is 2. The van der Waals surface area contributed by atoms with Gasteiger partial charge in [0.2, 0.25) is 0 Å². The van der Waals surface area contributed by atoms with Crippen LogP contribution in [0.2, 0.25) is 0 Å². The predicted octanol–water partition coefficient (Wildman–Crippen LogP) is 4.05. The lowest BCUT2D eigenvalue weighted by Crippen LogP contribution is -2.17. The first kappa shape index (κ1) is 21.0. The van der Waals surface area contributed by atoms with E-state index in [1.54, 1.807) is 27.2 Å². The molecule has 0 saturated carbocycles. The molecule has 0 aliphatic rings. The zero-order chi connectivity index (χ0) is 21.7. The normalized spacial score (nSPS) is 10.4. The molecule has 2 aromatic carbocycles. The summed E-state index contributed by atoms with van der Waals surface area (Å²) in [6.07, 6.45) is 0.506. The number of rotatable bonds is 7. The van der Waals surface area contributed by atoms with Gasteiger partial charge in [0.25, 0.3) is 5.56 Å². The van der Waals surface area contributed by atoms with E-state index in [1.165, 1.54) is 0 Å². The summed E-state index contributed by atoms with van der Waals surface area (Å²) in [4.78, 5) is 15.3. The first-order valence-corrected chi connectivity index (χ1v) is 9.52. The van der Waals surface area contributed by atoms with Crippen molar-refractivity contribution in [2.24, 2.45) is 0 Å². The van der Waals surface area contributed by atoms with Crippen LogP contribution in [0.5, 0.6) is 17.2 Å². The van der Waals surface area contributed by atoms with Gasteiger partial charge in [0.1, 0.15) is 23.9 Å². The minimum Gasteiger partial charge on any atom is -0.497 e. The number of H-pyrrole nitrogens is 1. The van der Waals surface area contributed by atoms with Crippen LogP contribution in [0, 0.1) is 25.2 Å². The molecule has 154 valence electrons. The Balaban J connectivity index is 2.00. The van der Waals surface area contributed by atoms with Gasteiger partial charge in [-0.25, -0.2) is 0 Å². The average molecular weight is 404 g/mol. The van der Waals surface area contributed by atoms with Crippen molar-refractivity contribution in [2.45, 2.75) is 26.9 Å². The molecule has 0 aliphatic heterocycles. The molecule has 0 spiro atoms. The van der Waals surface area contributed by atoms with Gasteiger partial charge < -0.3 is 19.2 Å². The van der Waals surface area contributed by atoms with Gasteiger partial charge >= 0.3 is 0 Å². The number of ether oxygens (including phenoxy) is 3. The molecule has 6 heteroatoms. The lowest BCUT2D eigenvalue weighted by atomic mass is 10.00. The standard InChI is InChI=1S/C24H24N2O4/c1-15-23(30-14-19-8-6-5-7-18(19)13-25)21(16(2)26-24(15)27)11-17-9-10-20(28-3)12-22(17)29-4/h5-10,12H,11,14H2,1-4H3,(H,26,27). The number of aryl methyl sites for hydroxylation is 1. The largest absolute Gasteiger partial charge is 0.497 e. The van der Waals surface area contributed by atoms with Gasteiger partial charge in [-0.1, -0.05) is 24.3 Å². The zero-order valence-corrected chi connectivity index (χ0v) is 17.5. The third kappa shape index (κ3) is 4.31. The smallest absolute Gasteiger partial charge is 0.254 e. The Kier molecular flexibility index (Phi) is 6.43. The molecular weight excluding hydrogens is 380 g/mol. The molecule has 0 atom stereocenters. The molecule has 1 heterocycles. The number of pyridine rings is 1. The Hall–Kier alpha value is -3.72. The van der Waals surface area contributed by atoms with Crippen LogP contribution in [-0.4, -0.2) is 19.2 Å². The van der Waals surface area contributed by atoms with Gasteiger partial charge in [0.15, 0.2) is 0 Å². The van der Waals surface area contributed by atoms with Crippen molar-refractivity contribution in [2.75, 3.05) is 14.2 Å². The van der Waals surface area contributed by atoms with Gasteiger partial charge in [-0.2, -0.15) is 5.26 Å². The summed E-state index contributed by atoms with van der Waals surface area (Å²) in [5.74, 6) is 1.93. The fourth-order valence-corrected chi connectivity index (χ4v) is 3.34. The lowest BCUT2D eigenvalue weighted by molar-refractivity contribution is 0.299. The van der Waals surface area contributed by atoms with Crippen molar-refractivity contribution in [3.8, 4) is 23.3 Å². The predicted molar refractivity (Wildman–Crippen MR) is 114 cm³/mol. The van der Waals surface area contributed by atoms with Crippen molar-refractivity contribution in [3.63, 3.8) is 0 Å². The number of nitriles is 1. The third-order valence-corrected chi connectivity index (χ3v) is 5.08. The minimum absolute atomic E-state index is 0.193. The van der Waals surface area contributed by atoms with E-state index in [2.05, 4.69) is 11.1 Å². The quantitative estimate of drug-likeness (QED) is 0.642. The molecule has 0 saturated heterocycles. The Morgan fingerprint density at radius 1 is 1.03 bits per heavy atom. The number of benzene rings is 2. The first-order chi connectivity index (χ1) is 14.5. The maximum Gasteiger partial charge on any atom is 0.254 e. The number of hydrogen-bond acceptors (Lipinski definition) is 5. The van der Waals surface area contributed by atoms with Crippen LogP contribution in [0.3, 0.4) is 0 Å². The molecule has 30 heavy (non-hydrogen) atoms. The second-order valence-electron chi connectivity index (χ2n) is 6.92. The molecule has 3 rings (SSSR count). The van der Waals surface area contributed by atoms with Crippen LogP contribution in [0.1, 0.15) is 33.5 Å². The molecule has 0 unspecified atom stereocenters. The highest BCUT2D eigenvalue weighted by atomic mass is 16.5. The summed E-state index contributed by atoms with van der Waals surface area (Å²) < 4.78 is 16.9. The minimum atomic E-state index is -0.193. The summed E-state index contributed by atoms with van der Waals surface area (Å²) in [6, 6.07) is 15.1. The Morgan fingerprint density at radius 3 is 2.50 bits per heavy atom. The van der Waals surface area contributed by atoms with E-state index >= 15 is 0 Å². The molecule has 6 nitrogen and oxygen atoms in total. The monoisotopic (exact) mass is 404 g/mol. The second kappa shape index (κ2) is 9.19. The number of hydrogen-bond donors (Lipinski definition) is 1. The van der Waals surface area contributed by atoms with Gasteiger partial charge in [0.05, 0.1) is 31.4 Å². The van der Waals surface area contributed by atoms with Crippen molar-refractivity contribution < 1.29 is 14.2 Å². The van der Waals surface area contributed by atoms with Gasteiger partial charge in [-0.3, -0.25) is 4.79 Å². The van der Waals surface area contributed by atoms with E-state index in [0.29, 0.717) is 34.8 Å². The number of aromatic amines is 1. The van der Waals surface area contributed by atoms with E-state index in [4.69, 9.17) is 14.2 Å². The van der Waals surface area contributed by atoms with E-state index in [1.807, 2.05) is 43.3 Å². The van der Waals surface area contributed by atoms with Crippen LogP contribution < -0.4 is 19.8 Å².